The molecule has 6 nitrogen and oxygen atoms in total. The molecule has 0 fully saturated rings. The largest absolute Gasteiger partial charge is 0.394 e. The summed E-state index contributed by atoms with van der Waals surface area (Å²) in [6.45, 7) is 5.96. The number of nitrogens with zero attached hydrogens (tertiary/aromatic N) is 1. The van der Waals surface area contributed by atoms with Crippen LogP contribution in [-0.2, 0) is 4.79 Å². The fourth-order valence-corrected chi connectivity index (χ4v) is 2.85. The van der Waals surface area contributed by atoms with Gasteiger partial charge < -0.3 is 26.6 Å². The van der Waals surface area contributed by atoms with E-state index in [-0.39, 0.29) is 11.7 Å². The van der Waals surface area contributed by atoms with E-state index in [1.54, 1.807) is 13.1 Å². The number of carbonyl (C=O) groups is 1. The predicted octanol–water partition coefficient (Wildman–Crippen LogP) is 1.68. The van der Waals surface area contributed by atoms with Gasteiger partial charge in [-0.25, -0.2) is 4.39 Å². The van der Waals surface area contributed by atoms with E-state index in [0.29, 0.717) is 17.8 Å². The van der Waals surface area contributed by atoms with Crippen LogP contribution in [0.2, 0.25) is 0 Å². The first-order chi connectivity index (χ1) is 13.0. The molecule has 2 aliphatic rings. The van der Waals surface area contributed by atoms with Crippen LogP contribution in [0.1, 0.15) is 6.92 Å². The number of hydrogen-bond donors (Lipinski definition) is 4. The summed E-state index contributed by atoms with van der Waals surface area (Å²) in [6, 6.07) is 0. The Bertz CT molecular complexity index is 801. The number of allylic oxidation sites excluding steroid dienone is 3. The van der Waals surface area contributed by atoms with Crippen LogP contribution in [0.25, 0.3) is 0 Å². The summed E-state index contributed by atoms with van der Waals surface area (Å²) in [6.07, 6.45) is 12.2. The lowest BCUT2D eigenvalue weighted by Crippen LogP contribution is -2.34. The first-order valence-electron chi connectivity index (χ1n) is 8.63. The summed E-state index contributed by atoms with van der Waals surface area (Å²) in [5, 5.41) is 8.62. The molecule has 27 heavy (non-hydrogen) atoms. The van der Waals surface area contributed by atoms with Crippen LogP contribution >= 0.6 is 0 Å². The highest BCUT2D eigenvalue weighted by Crippen LogP contribution is 2.30. The van der Waals surface area contributed by atoms with E-state index in [4.69, 9.17) is 5.73 Å². The Labute approximate surface area is 159 Å². The van der Waals surface area contributed by atoms with Crippen LogP contribution in [0.3, 0.4) is 0 Å². The summed E-state index contributed by atoms with van der Waals surface area (Å²) in [5.74, 6) is -1.12. The fraction of sp³-hybridized carbons (Fsp3) is 0.250. The minimum absolute atomic E-state index is 0.0288. The van der Waals surface area contributed by atoms with Gasteiger partial charge in [0.2, 0.25) is 0 Å². The molecule has 0 bridgehead atoms. The van der Waals surface area contributed by atoms with Gasteiger partial charge in [0.1, 0.15) is 12.0 Å². The number of nitrogens with one attached hydrogen (secondary N) is 3. The molecule has 144 valence electrons. The molecule has 2 heterocycles. The molecule has 5 N–H and O–H groups in total. The van der Waals surface area contributed by atoms with Gasteiger partial charge in [0, 0.05) is 39.2 Å². The third-order valence-corrected chi connectivity index (χ3v) is 4.26. The molecule has 0 saturated carbocycles. The van der Waals surface area contributed by atoms with Gasteiger partial charge in [0.05, 0.1) is 11.3 Å². The zero-order valence-corrected chi connectivity index (χ0v) is 15.8. The number of hydrogen-bond acceptors (Lipinski definition) is 5. The maximum Gasteiger partial charge on any atom is 0.253 e. The lowest BCUT2D eigenvalue weighted by molar-refractivity contribution is -0.116. The lowest BCUT2D eigenvalue weighted by atomic mass is 10.0. The summed E-state index contributed by atoms with van der Waals surface area (Å²) in [5.41, 5.74) is 8.86. The maximum absolute atomic E-state index is 14.5. The van der Waals surface area contributed by atoms with Crippen LogP contribution < -0.4 is 21.7 Å². The Kier molecular flexibility index (Phi) is 6.79. The van der Waals surface area contributed by atoms with Gasteiger partial charge in [-0.05, 0) is 35.8 Å². The Morgan fingerprint density at radius 3 is 2.81 bits per heavy atom. The van der Waals surface area contributed by atoms with Gasteiger partial charge in [-0.1, -0.05) is 18.7 Å². The minimum Gasteiger partial charge on any atom is -0.394 e. The highest BCUT2D eigenvalue weighted by Gasteiger charge is 2.27. The molecule has 0 radical (unpaired) electrons. The monoisotopic (exact) mass is 371 g/mol. The molecule has 0 aromatic carbocycles. The molecule has 1 unspecified atom stereocenters. The Hall–Kier alpha value is -3.06. The highest BCUT2D eigenvalue weighted by atomic mass is 19.1. The van der Waals surface area contributed by atoms with Crippen molar-refractivity contribution in [2.24, 2.45) is 5.73 Å². The average molecular weight is 371 g/mol. The number of halogens is 1. The van der Waals surface area contributed by atoms with Gasteiger partial charge in [-0.2, -0.15) is 0 Å². The van der Waals surface area contributed by atoms with Crippen molar-refractivity contribution in [1.82, 2.24) is 20.9 Å². The third kappa shape index (κ3) is 4.38. The summed E-state index contributed by atoms with van der Waals surface area (Å²) < 4.78 is 14.5. The average Bonchev–Trinajstić information content (AvgIpc) is 3.09. The van der Waals surface area contributed by atoms with Crippen molar-refractivity contribution >= 4 is 5.91 Å². The molecule has 1 atom stereocenters. The smallest absolute Gasteiger partial charge is 0.253 e. The Morgan fingerprint density at radius 1 is 1.48 bits per heavy atom. The van der Waals surface area contributed by atoms with E-state index in [1.165, 1.54) is 19.2 Å². The molecule has 0 aromatic heterocycles. The van der Waals surface area contributed by atoms with Crippen molar-refractivity contribution in [2.45, 2.75) is 13.1 Å². The molecule has 0 saturated heterocycles. The Balaban J connectivity index is 2.27. The standard InChI is InChI=1S/C20H26FN5O/c1-5-16(20(27)24-4)17(21)8-13(2)18-11-25-19-7-6-14(12-26(18)19)15(9-22)10-23-3/h5-8,10-12,19,23,25H,2,9,22H2,1,3-4H3,(H,24,27)/b15-10+,16-5+,17-8+. The van der Waals surface area contributed by atoms with E-state index in [0.717, 1.165) is 11.1 Å². The van der Waals surface area contributed by atoms with E-state index < -0.39 is 11.7 Å². The van der Waals surface area contributed by atoms with Crippen molar-refractivity contribution < 1.29 is 9.18 Å². The van der Waals surface area contributed by atoms with E-state index in [2.05, 4.69) is 22.5 Å². The van der Waals surface area contributed by atoms with Crippen molar-refractivity contribution in [1.29, 1.82) is 0 Å². The molecule has 0 spiro atoms. The van der Waals surface area contributed by atoms with Crippen LogP contribution in [0.5, 0.6) is 0 Å². The van der Waals surface area contributed by atoms with Gasteiger partial charge in [0.15, 0.2) is 0 Å². The topological polar surface area (TPSA) is 82.4 Å². The summed E-state index contributed by atoms with van der Waals surface area (Å²) in [7, 11) is 3.27. The van der Waals surface area contributed by atoms with Crippen molar-refractivity contribution in [3.63, 3.8) is 0 Å². The Morgan fingerprint density at radius 2 is 2.22 bits per heavy atom. The number of likely N-dealkylation sites (N-methyl/N-ethyl adjacent to an activating group) is 1. The molecule has 2 aliphatic heterocycles. The van der Waals surface area contributed by atoms with E-state index >= 15 is 0 Å². The third-order valence-electron chi connectivity index (χ3n) is 4.26. The molecular weight excluding hydrogens is 345 g/mol. The normalized spacial score (nSPS) is 19.8. The van der Waals surface area contributed by atoms with Crippen molar-refractivity contribution in [3.8, 4) is 0 Å². The van der Waals surface area contributed by atoms with Gasteiger partial charge in [-0.15, -0.1) is 0 Å². The first-order valence-corrected chi connectivity index (χ1v) is 8.63. The molecule has 2 rings (SSSR count). The van der Waals surface area contributed by atoms with Crippen LogP contribution in [0.4, 0.5) is 4.39 Å². The van der Waals surface area contributed by atoms with E-state index in [9.17, 15) is 9.18 Å². The minimum atomic E-state index is -0.638. The van der Waals surface area contributed by atoms with Gasteiger partial charge >= 0.3 is 0 Å². The summed E-state index contributed by atoms with van der Waals surface area (Å²) in [4.78, 5) is 13.7. The second-order valence-electron chi connectivity index (χ2n) is 5.95. The van der Waals surface area contributed by atoms with E-state index in [1.807, 2.05) is 36.5 Å². The number of nitrogens with two attached hydrogens (primary N) is 1. The molecule has 0 aliphatic carbocycles. The molecular formula is C20H26FN5O. The van der Waals surface area contributed by atoms with Gasteiger partial charge in [0.25, 0.3) is 5.91 Å². The number of rotatable bonds is 7. The molecule has 0 aromatic rings. The van der Waals surface area contributed by atoms with Crippen LogP contribution in [0.15, 0.2) is 83.3 Å². The number of fused-ring (bicyclic) bond motifs is 1. The summed E-state index contributed by atoms with van der Waals surface area (Å²) >= 11 is 0. The number of carbonyl (C=O) groups excluding carboxylic acids is 1. The van der Waals surface area contributed by atoms with Crippen molar-refractivity contribution in [3.05, 3.63) is 83.3 Å². The fourth-order valence-electron chi connectivity index (χ4n) is 2.85. The van der Waals surface area contributed by atoms with Crippen LogP contribution in [0, 0.1) is 0 Å². The molecule has 1 amide bonds. The lowest BCUT2D eigenvalue weighted by Gasteiger charge is -2.28. The van der Waals surface area contributed by atoms with Crippen molar-refractivity contribution in [2.75, 3.05) is 20.6 Å². The maximum atomic E-state index is 14.5. The predicted molar refractivity (Wildman–Crippen MR) is 106 cm³/mol. The number of amides is 1. The zero-order valence-electron chi connectivity index (χ0n) is 15.8. The first kappa shape index (κ1) is 20.3. The SMILES string of the molecule is C=C(/C=C(F)\C(=C/C)C(=O)NC)C1=CNC2C=CC(/C(=C/NC)CN)=CN12. The van der Waals surface area contributed by atoms with Gasteiger partial charge in [-0.3, -0.25) is 4.79 Å². The second kappa shape index (κ2) is 9.05. The second-order valence-corrected chi connectivity index (χ2v) is 5.95. The van der Waals surface area contributed by atoms with Crippen LogP contribution in [-0.4, -0.2) is 37.6 Å². The highest BCUT2D eigenvalue weighted by molar-refractivity contribution is 5.97. The zero-order chi connectivity index (χ0) is 20.0. The molecule has 7 heteroatoms. The quantitative estimate of drug-likeness (QED) is 0.404.